The summed E-state index contributed by atoms with van der Waals surface area (Å²) in [4.78, 5) is 15.2. The number of furan rings is 1. The third-order valence-corrected chi connectivity index (χ3v) is 5.80. The lowest BCUT2D eigenvalue weighted by Gasteiger charge is -2.29. The minimum Gasteiger partial charge on any atom is -0.489 e. The Labute approximate surface area is 184 Å². The van der Waals surface area contributed by atoms with Crippen LogP contribution in [0.25, 0.3) is 11.0 Å². The van der Waals surface area contributed by atoms with Crippen molar-refractivity contribution in [3.63, 3.8) is 0 Å². The maximum Gasteiger partial charge on any atom is 0.416 e. The topological polar surface area (TPSA) is 54.7 Å². The number of alkyl halides is 3. The van der Waals surface area contributed by atoms with E-state index < -0.39 is 11.7 Å². The van der Waals surface area contributed by atoms with Crippen LogP contribution < -0.4 is 10.1 Å². The molecule has 2 aromatic carbocycles. The number of rotatable bonds is 5. The molecule has 4 rings (SSSR count). The summed E-state index contributed by atoms with van der Waals surface area (Å²) in [7, 11) is 2.07. The normalized spacial score (nSPS) is 15.8. The van der Waals surface area contributed by atoms with Gasteiger partial charge in [0.2, 0.25) is 0 Å². The number of hydrogen-bond acceptors (Lipinski definition) is 4. The predicted octanol–water partition coefficient (Wildman–Crippen LogP) is 5.16. The van der Waals surface area contributed by atoms with E-state index in [4.69, 9.17) is 9.15 Å². The summed E-state index contributed by atoms with van der Waals surface area (Å²) in [6.07, 6.45) is -2.56. The summed E-state index contributed by atoms with van der Waals surface area (Å²) in [5.41, 5.74) is 0.982. The molecular weight excluding hydrogens is 421 g/mol. The molecule has 3 aromatic rings. The van der Waals surface area contributed by atoms with E-state index in [1.807, 2.05) is 0 Å². The van der Waals surface area contributed by atoms with Gasteiger partial charge in [-0.2, -0.15) is 13.2 Å². The highest BCUT2D eigenvalue weighted by atomic mass is 19.4. The van der Waals surface area contributed by atoms with E-state index in [0.717, 1.165) is 38.1 Å². The zero-order valence-corrected chi connectivity index (χ0v) is 18.0. The number of carbonyl (C=O) groups is 1. The predicted molar refractivity (Wildman–Crippen MR) is 115 cm³/mol. The Hall–Kier alpha value is -3.00. The first-order valence-corrected chi connectivity index (χ1v) is 10.5. The van der Waals surface area contributed by atoms with E-state index in [0.29, 0.717) is 33.6 Å². The van der Waals surface area contributed by atoms with Crippen LogP contribution in [0.3, 0.4) is 0 Å². The number of aryl methyl sites for hydroxylation is 1. The van der Waals surface area contributed by atoms with Crippen molar-refractivity contribution >= 4 is 16.9 Å². The van der Waals surface area contributed by atoms with E-state index in [-0.39, 0.29) is 18.6 Å². The van der Waals surface area contributed by atoms with E-state index in [2.05, 4.69) is 17.3 Å². The molecule has 0 radical (unpaired) electrons. The zero-order valence-electron chi connectivity index (χ0n) is 18.0. The number of amides is 1. The Morgan fingerprint density at radius 2 is 1.84 bits per heavy atom. The van der Waals surface area contributed by atoms with E-state index >= 15 is 0 Å². The molecule has 0 atom stereocenters. The Morgan fingerprint density at radius 1 is 1.16 bits per heavy atom. The highest BCUT2D eigenvalue weighted by Crippen LogP contribution is 2.31. The molecule has 0 bridgehead atoms. The molecule has 1 saturated heterocycles. The van der Waals surface area contributed by atoms with Crippen LogP contribution in [0.5, 0.6) is 5.75 Å². The molecule has 1 aliphatic heterocycles. The molecule has 1 aromatic heterocycles. The number of ether oxygens (including phenoxy) is 1. The van der Waals surface area contributed by atoms with E-state index in [9.17, 15) is 18.0 Å². The van der Waals surface area contributed by atoms with Crippen LogP contribution in [0.15, 0.2) is 46.9 Å². The molecule has 0 saturated carbocycles. The second-order valence-electron chi connectivity index (χ2n) is 8.23. The van der Waals surface area contributed by atoms with Crippen LogP contribution in [0.4, 0.5) is 13.2 Å². The van der Waals surface area contributed by atoms with Crippen molar-refractivity contribution < 1.29 is 27.1 Å². The lowest BCUT2D eigenvalue weighted by atomic mass is 10.0. The Balaban J connectivity index is 1.48. The Morgan fingerprint density at radius 3 is 2.50 bits per heavy atom. The van der Waals surface area contributed by atoms with Crippen LogP contribution in [-0.2, 0) is 12.8 Å². The maximum absolute atomic E-state index is 13.0. The third kappa shape index (κ3) is 4.91. The van der Waals surface area contributed by atoms with Gasteiger partial charge in [-0.15, -0.1) is 0 Å². The fourth-order valence-electron chi connectivity index (χ4n) is 3.94. The SMILES string of the molecule is Cc1oc2ccc(OCc3ccc(C(F)(F)F)cc3)cc2c1C(=O)NC1CCN(C)CC1. The standard InChI is InChI=1S/C24H25F3N2O3/c1-15-22(23(30)28-18-9-11-29(2)12-10-18)20-13-19(7-8-21(20)32-15)31-14-16-3-5-17(6-4-16)24(25,26)27/h3-8,13,18H,9-12,14H2,1-2H3,(H,28,30). The van der Waals surface area contributed by atoms with Gasteiger partial charge in [0.25, 0.3) is 5.91 Å². The molecule has 1 amide bonds. The largest absolute Gasteiger partial charge is 0.489 e. The Bertz CT molecular complexity index is 1100. The molecule has 1 fully saturated rings. The molecule has 1 N–H and O–H groups in total. The van der Waals surface area contributed by atoms with Crippen molar-refractivity contribution in [2.75, 3.05) is 20.1 Å². The monoisotopic (exact) mass is 446 g/mol. The number of benzene rings is 2. The van der Waals surface area contributed by atoms with Crippen molar-refractivity contribution in [2.24, 2.45) is 0 Å². The maximum atomic E-state index is 13.0. The van der Waals surface area contributed by atoms with Gasteiger partial charge in [-0.25, -0.2) is 0 Å². The first kappa shape index (κ1) is 22.2. The molecule has 0 aliphatic carbocycles. The van der Waals surface area contributed by atoms with Gasteiger partial charge in [0.15, 0.2) is 0 Å². The van der Waals surface area contributed by atoms with Crippen LogP contribution in [-0.4, -0.2) is 37.0 Å². The fourth-order valence-corrected chi connectivity index (χ4v) is 3.94. The van der Waals surface area contributed by atoms with Gasteiger partial charge in [0, 0.05) is 11.4 Å². The summed E-state index contributed by atoms with van der Waals surface area (Å²) < 4.78 is 49.7. The highest BCUT2D eigenvalue weighted by Gasteiger charge is 2.30. The number of nitrogens with one attached hydrogen (secondary N) is 1. The smallest absolute Gasteiger partial charge is 0.416 e. The number of piperidine rings is 1. The highest BCUT2D eigenvalue weighted by molar-refractivity contribution is 6.07. The Kier molecular flexibility index (Phi) is 6.15. The number of fused-ring (bicyclic) bond motifs is 1. The summed E-state index contributed by atoms with van der Waals surface area (Å²) >= 11 is 0. The van der Waals surface area contributed by atoms with Crippen LogP contribution >= 0.6 is 0 Å². The minimum atomic E-state index is -4.37. The molecule has 8 heteroatoms. The van der Waals surface area contributed by atoms with Crippen molar-refractivity contribution in [3.8, 4) is 5.75 Å². The summed E-state index contributed by atoms with van der Waals surface area (Å²) in [6.45, 7) is 3.75. The van der Waals surface area contributed by atoms with Crippen molar-refractivity contribution in [2.45, 2.75) is 38.6 Å². The average Bonchev–Trinajstić information content (AvgIpc) is 3.08. The lowest BCUT2D eigenvalue weighted by molar-refractivity contribution is -0.137. The summed E-state index contributed by atoms with van der Waals surface area (Å²) in [5, 5.41) is 3.76. The van der Waals surface area contributed by atoms with Crippen molar-refractivity contribution in [1.29, 1.82) is 0 Å². The number of nitrogens with zero attached hydrogens (tertiary/aromatic N) is 1. The number of likely N-dealkylation sites (tertiary alicyclic amines) is 1. The van der Waals surface area contributed by atoms with Crippen LogP contribution in [0, 0.1) is 6.92 Å². The van der Waals surface area contributed by atoms with Crippen molar-refractivity contribution in [1.82, 2.24) is 10.2 Å². The molecule has 32 heavy (non-hydrogen) atoms. The average molecular weight is 446 g/mol. The van der Waals surface area contributed by atoms with Crippen LogP contribution in [0.2, 0.25) is 0 Å². The number of hydrogen-bond donors (Lipinski definition) is 1. The number of carbonyl (C=O) groups excluding carboxylic acids is 1. The lowest BCUT2D eigenvalue weighted by Crippen LogP contribution is -2.43. The second kappa shape index (κ2) is 8.86. The molecular formula is C24H25F3N2O3. The summed E-state index contributed by atoms with van der Waals surface area (Å²) in [5.74, 6) is 0.868. The minimum absolute atomic E-state index is 0.109. The molecule has 0 unspecified atom stereocenters. The quantitative estimate of drug-likeness (QED) is 0.588. The fraction of sp³-hybridized carbons (Fsp3) is 0.375. The molecule has 5 nitrogen and oxygen atoms in total. The van der Waals surface area contributed by atoms with Crippen molar-refractivity contribution in [3.05, 3.63) is 64.9 Å². The van der Waals surface area contributed by atoms with Crippen LogP contribution in [0.1, 0.15) is 40.1 Å². The first-order valence-electron chi connectivity index (χ1n) is 10.5. The van der Waals surface area contributed by atoms with Gasteiger partial charge in [-0.3, -0.25) is 4.79 Å². The first-order chi connectivity index (χ1) is 15.2. The molecule has 0 spiro atoms. The van der Waals surface area contributed by atoms with Gasteiger partial charge < -0.3 is 19.4 Å². The third-order valence-electron chi connectivity index (χ3n) is 5.80. The number of halogens is 3. The molecule has 170 valence electrons. The van der Waals surface area contributed by atoms with Gasteiger partial charge in [0.1, 0.15) is 23.7 Å². The van der Waals surface area contributed by atoms with E-state index in [1.54, 1.807) is 25.1 Å². The second-order valence-corrected chi connectivity index (χ2v) is 8.23. The van der Waals surface area contributed by atoms with Gasteiger partial charge in [0.05, 0.1) is 11.1 Å². The molecule has 1 aliphatic rings. The zero-order chi connectivity index (χ0) is 22.9. The molecule has 2 heterocycles. The van der Waals surface area contributed by atoms with E-state index in [1.165, 1.54) is 12.1 Å². The van der Waals surface area contributed by atoms with Gasteiger partial charge in [-0.05, 0) is 75.8 Å². The van der Waals surface area contributed by atoms with Gasteiger partial charge in [-0.1, -0.05) is 12.1 Å². The summed E-state index contributed by atoms with van der Waals surface area (Å²) in [6, 6.07) is 10.2. The van der Waals surface area contributed by atoms with Gasteiger partial charge >= 0.3 is 6.18 Å².